The number of hydrogen-bond donors (Lipinski definition) is 0. The molecule has 2 aliphatic rings. The summed E-state index contributed by atoms with van der Waals surface area (Å²) in [5.74, 6) is 0.478. The van der Waals surface area contributed by atoms with Crippen molar-refractivity contribution in [1.29, 1.82) is 5.26 Å². The van der Waals surface area contributed by atoms with E-state index in [-0.39, 0.29) is 29.0 Å². The van der Waals surface area contributed by atoms with Crippen molar-refractivity contribution in [3.63, 3.8) is 0 Å². The van der Waals surface area contributed by atoms with Crippen molar-refractivity contribution in [3.05, 3.63) is 40.5 Å². The molecule has 3 heterocycles. The number of rotatable bonds is 4. The lowest BCUT2D eigenvalue weighted by Gasteiger charge is -2.31. The maximum Gasteiger partial charge on any atom is 0.251 e. The van der Waals surface area contributed by atoms with Gasteiger partial charge >= 0.3 is 0 Å². The normalized spacial score (nSPS) is 21.5. The van der Waals surface area contributed by atoms with E-state index in [1.165, 1.54) is 17.3 Å². The molecule has 2 aromatic heterocycles. The van der Waals surface area contributed by atoms with Crippen LogP contribution in [-0.2, 0) is 10.2 Å². The van der Waals surface area contributed by atoms with E-state index in [1.54, 1.807) is 11.3 Å². The van der Waals surface area contributed by atoms with Crippen LogP contribution >= 0.6 is 11.3 Å². The number of nitriles is 1. The molecule has 2 fully saturated rings. The minimum Gasteiger partial charge on any atom is -0.470 e. The maximum atomic E-state index is 13.4. The molecular formula is C19H20N4O2S. The highest BCUT2D eigenvalue weighted by molar-refractivity contribution is 7.10. The Bertz CT molecular complexity index is 824. The van der Waals surface area contributed by atoms with Crippen LogP contribution in [0.1, 0.15) is 42.7 Å². The first kappa shape index (κ1) is 17.0. The first-order chi connectivity index (χ1) is 12.7. The van der Waals surface area contributed by atoms with E-state index in [4.69, 9.17) is 10.00 Å². The van der Waals surface area contributed by atoms with Crippen LogP contribution < -0.4 is 4.74 Å². The van der Waals surface area contributed by atoms with Crippen LogP contribution in [0.2, 0.25) is 0 Å². The van der Waals surface area contributed by atoms with E-state index in [0.717, 1.165) is 32.1 Å². The second-order valence-corrected chi connectivity index (χ2v) is 7.82. The van der Waals surface area contributed by atoms with Gasteiger partial charge in [-0.25, -0.2) is 9.97 Å². The Morgan fingerprint density at radius 2 is 2.15 bits per heavy atom. The molecule has 0 N–H and O–H groups in total. The predicted octanol–water partition coefficient (Wildman–Crippen LogP) is 2.90. The fourth-order valence-electron chi connectivity index (χ4n) is 4.05. The average molecular weight is 368 g/mol. The first-order valence-corrected chi connectivity index (χ1v) is 9.82. The quantitative estimate of drug-likeness (QED) is 0.829. The summed E-state index contributed by atoms with van der Waals surface area (Å²) >= 11 is 1.68. The van der Waals surface area contributed by atoms with Crippen LogP contribution in [0.25, 0.3) is 0 Å². The van der Waals surface area contributed by atoms with Crippen molar-refractivity contribution < 1.29 is 9.53 Å². The van der Waals surface area contributed by atoms with Crippen molar-refractivity contribution in [2.75, 3.05) is 13.1 Å². The van der Waals surface area contributed by atoms with E-state index < -0.39 is 0 Å². The molecule has 0 unspecified atom stereocenters. The third-order valence-electron chi connectivity index (χ3n) is 5.34. The molecule has 26 heavy (non-hydrogen) atoms. The first-order valence-electron chi connectivity index (χ1n) is 8.94. The molecule has 1 amide bonds. The van der Waals surface area contributed by atoms with Gasteiger partial charge in [0, 0.05) is 30.2 Å². The van der Waals surface area contributed by atoms with E-state index in [9.17, 15) is 4.79 Å². The number of aromatic nitrogens is 2. The average Bonchev–Trinajstić information content (AvgIpc) is 3.42. The van der Waals surface area contributed by atoms with E-state index in [2.05, 4.69) is 21.4 Å². The molecular weight excluding hydrogens is 348 g/mol. The van der Waals surface area contributed by atoms with Gasteiger partial charge in [0.2, 0.25) is 11.6 Å². The molecule has 1 saturated heterocycles. The van der Waals surface area contributed by atoms with Gasteiger partial charge in [-0.2, -0.15) is 5.26 Å². The van der Waals surface area contributed by atoms with Crippen molar-refractivity contribution in [2.24, 2.45) is 0 Å². The monoisotopic (exact) mass is 368 g/mol. The van der Waals surface area contributed by atoms with E-state index in [1.807, 2.05) is 17.0 Å². The third kappa shape index (κ3) is 2.95. The molecule has 1 saturated carbocycles. The van der Waals surface area contributed by atoms with Gasteiger partial charge in [-0.15, -0.1) is 11.3 Å². The minimum absolute atomic E-state index is 0.149. The molecule has 6 nitrogen and oxygen atoms in total. The smallest absolute Gasteiger partial charge is 0.251 e. The van der Waals surface area contributed by atoms with Crippen molar-refractivity contribution in [2.45, 2.75) is 43.6 Å². The lowest BCUT2D eigenvalue weighted by Crippen LogP contribution is -2.44. The van der Waals surface area contributed by atoms with Crippen LogP contribution in [0.3, 0.4) is 0 Å². The Morgan fingerprint density at radius 1 is 1.35 bits per heavy atom. The molecule has 0 aromatic carbocycles. The van der Waals surface area contributed by atoms with Crippen LogP contribution in [0.4, 0.5) is 0 Å². The Labute approximate surface area is 156 Å². The Hall–Kier alpha value is -2.46. The molecule has 7 heteroatoms. The number of likely N-dealkylation sites (tertiary alicyclic amines) is 1. The van der Waals surface area contributed by atoms with Crippen LogP contribution in [0.15, 0.2) is 29.9 Å². The zero-order valence-corrected chi connectivity index (χ0v) is 15.2. The lowest BCUT2D eigenvalue weighted by molar-refractivity contribution is -0.136. The maximum absolute atomic E-state index is 13.4. The predicted molar refractivity (Wildman–Crippen MR) is 96.8 cm³/mol. The summed E-state index contributed by atoms with van der Waals surface area (Å²) in [5, 5.41) is 11.2. The van der Waals surface area contributed by atoms with Crippen molar-refractivity contribution >= 4 is 17.2 Å². The van der Waals surface area contributed by atoms with Gasteiger partial charge in [-0.3, -0.25) is 4.79 Å². The Morgan fingerprint density at radius 3 is 2.88 bits per heavy atom. The summed E-state index contributed by atoms with van der Waals surface area (Å²) in [6.45, 7) is 1.21. The number of ether oxygens (including phenoxy) is 1. The van der Waals surface area contributed by atoms with Crippen molar-refractivity contribution in [1.82, 2.24) is 14.9 Å². The highest BCUT2D eigenvalue weighted by atomic mass is 32.1. The largest absolute Gasteiger partial charge is 0.470 e. The number of thiophene rings is 1. The fourth-order valence-corrected chi connectivity index (χ4v) is 5.03. The molecule has 0 spiro atoms. The number of carbonyl (C=O) groups excluding carboxylic acids is 1. The van der Waals surface area contributed by atoms with Gasteiger partial charge in [-0.1, -0.05) is 18.9 Å². The molecule has 0 radical (unpaired) electrons. The summed E-state index contributed by atoms with van der Waals surface area (Å²) < 4.78 is 5.88. The minimum atomic E-state index is -0.354. The zero-order valence-electron chi connectivity index (χ0n) is 14.4. The molecule has 134 valence electrons. The number of carbonyl (C=O) groups is 1. The lowest BCUT2D eigenvalue weighted by atomic mass is 9.83. The summed E-state index contributed by atoms with van der Waals surface area (Å²) in [6, 6.07) is 6.12. The molecule has 0 bridgehead atoms. The summed E-state index contributed by atoms with van der Waals surface area (Å²) in [7, 11) is 0. The highest BCUT2D eigenvalue weighted by Crippen LogP contribution is 2.45. The van der Waals surface area contributed by atoms with Crippen molar-refractivity contribution in [3.8, 4) is 11.9 Å². The topological polar surface area (TPSA) is 79.1 Å². The molecule has 4 rings (SSSR count). The molecule has 2 aromatic rings. The second kappa shape index (κ2) is 7.04. The number of hydrogen-bond acceptors (Lipinski definition) is 6. The van der Waals surface area contributed by atoms with Gasteiger partial charge in [-0.05, 0) is 24.3 Å². The summed E-state index contributed by atoms with van der Waals surface area (Å²) in [5.41, 5.74) is -0.170. The Kier molecular flexibility index (Phi) is 4.60. The molecule has 1 atom stereocenters. The molecule has 1 aliphatic heterocycles. The van der Waals surface area contributed by atoms with Gasteiger partial charge in [0.1, 0.15) is 12.2 Å². The van der Waals surface area contributed by atoms with E-state index >= 15 is 0 Å². The summed E-state index contributed by atoms with van der Waals surface area (Å²) in [4.78, 5) is 24.6. The van der Waals surface area contributed by atoms with Crippen LogP contribution in [-0.4, -0.2) is 40.0 Å². The van der Waals surface area contributed by atoms with E-state index in [0.29, 0.717) is 13.1 Å². The second-order valence-electron chi connectivity index (χ2n) is 6.87. The Balaban J connectivity index is 1.48. The fraction of sp³-hybridized carbons (Fsp3) is 0.474. The zero-order chi connectivity index (χ0) is 18.0. The van der Waals surface area contributed by atoms with Crippen LogP contribution in [0.5, 0.6) is 5.88 Å². The van der Waals surface area contributed by atoms with Gasteiger partial charge in [0.15, 0.2) is 0 Å². The highest BCUT2D eigenvalue weighted by Gasteiger charge is 2.47. The number of amides is 1. The third-order valence-corrected chi connectivity index (χ3v) is 6.41. The van der Waals surface area contributed by atoms with Gasteiger partial charge in [0.05, 0.1) is 12.0 Å². The van der Waals surface area contributed by atoms with Gasteiger partial charge in [0.25, 0.3) is 5.88 Å². The SMILES string of the molecule is N#Cc1nccnc1O[C@@H]1CCN(C(=O)C2(c3cccs3)CCCC2)C1. The standard InChI is InChI=1S/C19H20N4O2S/c20-12-15-17(22-9-8-21-15)25-14-5-10-23(13-14)18(24)19(6-1-2-7-19)16-4-3-11-26-16/h3-4,8-9,11,14H,1-2,5-7,10,13H2/t14-/m1/s1. The number of nitrogens with zero attached hydrogens (tertiary/aromatic N) is 4. The van der Waals surface area contributed by atoms with Gasteiger partial charge < -0.3 is 9.64 Å². The summed E-state index contributed by atoms with van der Waals surface area (Å²) in [6.07, 6.45) is 7.64. The molecule has 1 aliphatic carbocycles. The van der Waals surface area contributed by atoms with Crippen LogP contribution in [0, 0.1) is 11.3 Å².